The first-order valence-electron chi connectivity index (χ1n) is 6.64. The Bertz CT molecular complexity index is 513. The molecule has 1 atom stereocenters. The molecule has 1 fully saturated rings. The van der Waals surface area contributed by atoms with Crippen molar-refractivity contribution in [2.45, 2.75) is 45.2 Å². The number of carbonyl (C=O) groups is 2. The molecule has 1 aliphatic heterocycles. The van der Waals surface area contributed by atoms with Crippen LogP contribution >= 0.6 is 0 Å². The number of piperidine rings is 1. The summed E-state index contributed by atoms with van der Waals surface area (Å²) < 4.78 is 4.91. The number of likely N-dealkylation sites (tertiary alicyclic amines) is 1. The first-order valence-corrected chi connectivity index (χ1v) is 6.64. The van der Waals surface area contributed by atoms with Gasteiger partial charge in [0.05, 0.1) is 6.54 Å². The number of carboxylic acid groups (broad SMARTS) is 1. The number of aromatic nitrogens is 1. The summed E-state index contributed by atoms with van der Waals surface area (Å²) in [5, 5.41) is 15.8. The van der Waals surface area contributed by atoms with Gasteiger partial charge >= 0.3 is 12.0 Å². The molecule has 1 aromatic heterocycles. The van der Waals surface area contributed by atoms with Gasteiger partial charge in [-0.05, 0) is 33.1 Å². The van der Waals surface area contributed by atoms with Crippen molar-refractivity contribution in [2.75, 3.05) is 6.54 Å². The molecular formula is C13H19N3O4. The average molecular weight is 281 g/mol. The summed E-state index contributed by atoms with van der Waals surface area (Å²) in [4.78, 5) is 25.0. The van der Waals surface area contributed by atoms with Gasteiger partial charge in [-0.15, -0.1) is 0 Å². The molecule has 110 valence electrons. The number of rotatable bonds is 3. The number of hydrogen-bond acceptors (Lipinski definition) is 4. The van der Waals surface area contributed by atoms with E-state index in [1.165, 1.54) is 4.90 Å². The Morgan fingerprint density at radius 3 is 2.90 bits per heavy atom. The number of nitrogens with zero attached hydrogens (tertiary/aromatic N) is 2. The van der Waals surface area contributed by atoms with Gasteiger partial charge in [0, 0.05) is 12.6 Å². The van der Waals surface area contributed by atoms with E-state index >= 15 is 0 Å². The zero-order valence-corrected chi connectivity index (χ0v) is 11.7. The van der Waals surface area contributed by atoms with Gasteiger partial charge in [-0.2, -0.15) is 0 Å². The first-order chi connectivity index (χ1) is 9.43. The molecule has 0 aromatic carbocycles. The molecule has 0 spiro atoms. The molecule has 2 N–H and O–H groups in total. The molecule has 0 radical (unpaired) electrons. The lowest BCUT2D eigenvalue weighted by atomic mass is 9.89. The summed E-state index contributed by atoms with van der Waals surface area (Å²) in [5.41, 5.74) is -0.521. The van der Waals surface area contributed by atoms with Gasteiger partial charge in [-0.3, -0.25) is 0 Å². The van der Waals surface area contributed by atoms with Crippen molar-refractivity contribution in [3.63, 3.8) is 0 Å². The number of carbonyl (C=O) groups excluding carboxylic acids is 1. The van der Waals surface area contributed by atoms with Gasteiger partial charge in [0.25, 0.3) is 0 Å². The summed E-state index contributed by atoms with van der Waals surface area (Å²) in [7, 11) is 0. The number of nitrogens with one attached hydrogen (secondary N) is 1. The second-order valence-corrected chi connectivity index (χ2v) is 5.28. The normalized spacial score (nSPS) is 22.6. The van der Waals surface area contributed by atoms with E-state index in [4.69, 9.17) is 4.52 Å². The van der Waals surface area contributed by atoms with Gasteiger partial charge in [0.2, 0.25) is 0 Å². The van der Waals surface area contributed by atoms with Crippen LogP contribution in [0.2, 0.25) is 0 Å². The minimum absolute atomic E-state index is 0.225. The predicted octanol–water partition coefficient (Wildman–Crippen LogP) is 1.52. The third-order valence-corrected chi connectivity index (χ3v) is 3.69. The lowest BCUT2D eigenvalue weighted by molar-refractivity contribution is -0.150. The third kappa shape index (κ3) is 2.76. The van der Waals surface area contributed by atoms with Crippen LogP contribution in [0.15, 0.2) is 10.6 Å². The summed E-state index contributed by atoms with van der Waals surface area (Å²) in [6.07, 6.45) is 2.10. The highest BCUT2D eigenvalue weighted by atomic mass is 16.5. The molecule has 2 rings (SSSR count). The van der Waals surface area contributed by atoms with Gasteiger partial charge in [0.1, 0.15) is 17.0 Å². The van der Waals surface area contributed by atoms with Crippen molar-refractivity contribution in [3.05, 3.63) is 17.5 Å². The fraction of sp³-hybridized carbons (Fsp3) is 0.615. The van der Waals surface area contributed by atoms with Crippen molar-refractivity contribution >= 4 is 12.0 Å². The molecule has 1 aliphatic rings. The van der Waals surface area contributed by atoms with Crippen LogP contribution in [0, 0.1) is 6.92 Å². The summed E-state index contributed by atoms with van der Waals surface area (Å²) in [6, 6.07) is 1.35. The van der Waals surface area contributed by atoms with E-state index in [0.717, 1.165) is 12.8 Å². The lowest BCUT2D eigenvalue weighted by Gasteiger charge is -2.41. The maximum absolute atomic E-state index is 12.2. The second kappa shape index (κ2) is 5.52. The Morgan fingerprint density at radius 1 is 1.55 bits per heavy atom. The largest absolute Gasteiger partial charge is 0.480 e. The van der Waals surface area contributed by atoms with E-state index in [1.54, 1.807) is 19.9 Å². The first kappa shape index (κ1) is 14.4. The smallest absolute Gasteiger partial charge is 0.329 e. The van der Waals surface area contributed by atoms with Crippen LogP contribution in [0.3, 0.4) is 0 Å². The summed E-state index contributed by atoms with van der Waals surface area (Å²) in [6.45, 7) is 4.04. The zero-order valence-electron chi connectivity index (χ0n) is 11.7. The van der Waals surface area contributed by atoms with Crippen LogP contribution in [0.1, 0.15) is 37.6 Å². The summed E-state index contributed by atoms with van der Waals surface area (Å²) in [5.74, 6) is -0.299. The van der Waals surface area contributed by atoms with Crippen molar-refractivity contribution in [1.29, 1.82) is 0 Å². The fourth-order valence-corrected chi connectivity index (χ4v) is 2.43. The predicted molar refractivity (Wildman–Crippen MR) is 70.1 cm³/mol. The highest BCUT2D eigenvalue weighted by Gasteiger charge is 2.43. The maximum Gasteiger partial charge on any atom is 0.329 e. The molecule has 2 heterocycles. The highest BCUT2D eigenvalue weighted by Crippen LogP contribution is 2.28. The number of carboxylic acids is 1. The van der Waals surface area contributed by atoms with E-state index in [1.807, 2.05) is 0 Å². The van der Waals surface area contributed by atoms with Crippen LogP contribution in [0.5, 0.6) is 0 Å². The Morgan fingerprint density at radius 2 is 2.30 bits per heavy atom. The molecule has 0 saturated carbocycles. The third-order valence-electron chi connectivity index (χ3n) is 3.69. The molecule has 0 bridgehead atoms. The van der Waals surface area contributed by atoms with Gasteiger partial charge in [-0.25, -0.2) is 9.59 Å². The SMILES string of the molecule is Cc1cc(CNC(=O)N2CCCCC2(C)C(=O)O)no1. The average Bonchev–Trinajstić information content (AvgIpc) is 2.82. The number of urea groups is 1. The van der Waals surface area contributed by atoms with Crippen molar-refractivity contribution < 1.29 is 19.2 Å². The van der Waals surface area contributed by atoms with Crippen LogP contribution in [0.25, 0.3) is 0 Å². The molecule has 0 aliphatic carbocycles. The van der Waals surface area contributed by atoms with Crippen molar-refractivity contribution in [3.8, 4) is 0 Å². The van der Waals surface area contributed by atoms with E-state index in [0.29, 0.717) is 24.4 Å². The van der Waals surface area contributed by atoms with E-state index in [9.17, 15) is 14.7 Å². The zero-order chi connectivity index (χ0) is 14.8. The molecular weight excluding hydrogens is 262 g/mol. The molecule has 7 heteroatoms. The van der Waals surface area contributed by atoms with E-state index in [2.05, 4.69) is 10.5 Å². The van der Waals surface area contributed by atoms with Crippen LogP contribution < -0.4 is 5.32 Å². The monoisotopic (exact) mass is 281 g/mol. The Labute approximate surface area is 116 Å². The minimum Gasteiger partial charge on any atom is -0.480 e. The standard InChI is InChI=1S/C13H19N3O4/c1-9-7-10(15-20-9)8-14-12(19)16-6-4-3-5-13(16,2)11(17)18/h7H,3-6,8H2,1-2H3,(H,14,19)(H,17,18). The quantitative estimate of drug-likeness (QED) is 0.875. The topological polar surface area (TPSA) is 95.7 Å². The van der Waals surface area contributed by atoms with Gasteiger partial charge in [0.15, 0.2) is 0 Å². The minimum atomic E-state index is -1.14. The molecule has 1 unspecified atom stereocenters. The summed E-state index contributed by atoms with van der Waals surface area (Å²) >= 11 is 0. The number of aryl methyl sites for hydroxylation is 1. The second-order valence-electron chi connectivity index (χ2n) is 5.28. The number of amides is 2. The Kier molecular flexibility index (Phi) is 3.96. The highest BCUT2D eigenvalue weighted by molar-refractivity contribution is 5.86. The van der Waals surface area contributed by atoms with Gasteiger partial charge in [-0.1, -0.05) is 5.16 Å². The lowest BCUT2D eigenvalue weighted by Crippen LogP contribution is -2.59. The van der Waals surface area contributed by atoms with Crippen LogP contribution in [-0.4, -0.2) is 39.2 Å². The Balaban J connectivity index is 2.01. The molecule has 1 saturated heterocycles. The number of hydrogen-bond donors (Lipinski definition) is 2. The van der Waals surface area contributed by atoms with Crippen molar-refractivity contribution in [2.24, 2.45) is 0 Å². The number of aliphatic carboxylic acids is 1. The fourth-order valence-electron chi connectivity index (χ4n) is 2.43. The Hall–Kier alpha value is -2.05. The van der Waals surface area contributed by atoms with Crippen LogP contribution in [-0.2, 0) is 11.3 Å². The van der Waals surface area contributed by atoms with E-state index in [-0.39, 0.29) is 12.6 Å². The maximum atomic E-state index is 12.2. The van der Waals surface area contributed by atoms with Crippen molar-refractivity contribution in [1.82, 2.24) is 15.4 Å². The van der Waals surface area contributed by atoms with Crippen LogP contribution in [0.4, 0.5) is 4.79 Å². The molecule has 20 heavy (non-hydrogen) atoms. The molecule has 2 amide bonds. The van der Waals surface area contributed by atoms with Gasteiger partial charge < -0.3 is 19.8 Å². The van der Waals surface area contributed by atoms with E-state index < -0.39 is 11.5 Å². The molecule has 1 aromatic rings. The molecule has 7 nitrogen and oxygen atoms in total.